The number of rotatable bonds is 5. The Bertz CT molecular complexity index is 504. The molecule has 0 aromatic carbocycles. The first-order valence-electron chi connectivity index (χ1n) is 5.99. The lowest BCUT2D eigenvalue weighted by Gasteiger charge is -2.10. The molecule has 0 radical (unpaired) electrons. The Morgan fingerprint density at radius 1 is 1.61 bits per heavy atom. The second-order valence-electron chi connectivity index (χ2n) is 4.47. The maximum Gasteiger partial charge on any atom is 0.242 e. The number of nitrogens with one attached hydrogen (secondary N) is 1. The SMILES string of the molecule is Cn1cc(S(=O)(=O)NCC2CCCO2)cc1CN. The molecule has 18 heavy (non-hydrogen) atoms. The Hall–Kier alpha value is -0.890. The van der Waals surface area contributed by atoms with Crippen molar-refractivity contribution in [2.75, 3.05) is 13.2 Å². The first-order valence-corrected chi connectivity index (χ1v) is 7.48. The molecule has 2 heterocycles. The van der Waals surface area contributed by atoms with E-state index in [2.05, 4.69) is 4.72 Å². The van der Waals surface area contributed by atoms with Crippen molar-refractivity contribution in [3.63, 3.8) is 0 Å². The van der Waals surface area contributed by atoms with E-state index in [1.165, 1.54) is 0 Å². The molecule has 6 nitrogen and oxygen atoms in total. The molecule has 1 fully saturated rings. The highest BCUT2D eigenvalue weighted by Crippen LogP contribution is 2.15. The van der Waals surface area contributed by atoms with E-state index in [4.69, 9.17) is 10.5 Å². The summed E-state index contributed by atoms with van der Waals surface area (Å²) in [6.07, 6.45) is 3.47. The van der Waals surface area contributed by atoms with Crippen LogP contribution in [0.2, 0.25) is 0 Å². The van der Waals surface area contributed by atoms with Gasteiger partial charge in [-0.25, -0.2) is 13.1 Å². The van der Waals surface area contributed by atoms with Crippen molar-refractivity contribution >= 4 is 10.0 Å². The quantitative estimate of drug-likeness (QED) is 0.787. The van der Waals surface area contributed by atoms with Crippen molar-refractivity contribution in [2.45, 2.75) is 30.4 Å². The Kier molecular flexibility index (Phi) is 4.06. The molecule has 0 bridgehead atoms. The largest absolute Gasteiger partial charge is 0.377 e. The van der Waals surface area contributed by atoms with Crippen molar-refractivity contribution < 1.29 is 13.2 Å². The van der Waals surface area contributed by atoms with Gasteiger partial charge < -0.3 is 15.0 Å². The summed E-state index contributed by atoms with van der Waals surface area (Å²) in [4.78, 5) is 0.253. The zero-order valence-electron chi connectivity index (χ0n) is 10.4. The van der Waals surface area contributed by atoms with E-state index < -0.39 is 10.0 Å². The minimum Gasteiger partial charge on any atom is -0.377 e. The molecule has 1 aliphatic heterocycles. The van der Waals surface area contributed by atoms with Gasteiger partial charge in [0.05, 0.1) is 11.0 Å². The number of sulfonamides is 1. The highest BCUT2D eigenvalue weighted by Gasteiger charge is 2.21. The second-order valence-corrected chi connectivity index (χ2v) is 6.24. The molecular weight excluding hydrogens is 254 g/mol. The fourth-order valence-corrected chi connectivity index (χ4v) is 3.18. The van der Waals surface area contributed by atoms with Crippen LogP contribution < -0.4 is 10.5 Å². The molecule has 1 aliphatic rings. The average molecular weight is 273 g/mol. The van der Waals surface area contributed by atoms with Crippen molar-refractivity contribution in [3.05, 3.63) is 18.0 Å². The molecule has 1 aromatic rings. The second kappa shape index (κ2) is 5.40. The van der Waals surface area contributed by atoms with E-state index in [0.29, 0.717) is 13.1 Å². The normalized spacial score (nSPS) is 20.4. The molecule has 2 rings (SSSR count). The van der Waals surface area contributed by atoms with Crippen LogP contribution in [0.3, 0.4) is 0 Å². The molecule has 0 saturated carbocycles. The maximum absolute atomic E-state index is 12.0. The summed E-state index contributed by atoms with van der Waals surface area (Å²) in [6, 6.07) is 1.60. The fourth-order valence-electron chi connectivity index (χ4n) is 2.02. The highest BCUT2D eigenvalue weighted by atomic mass is 32.2. The van der Waals surface area contributed by atoms with Crippen LogP contribution in [-0.4, -0.2) is 32.2 Å². The number of nitrogens with two attached hydrogens (primary N) is 1. The van der Waals surface area contributed by atoms with Crippen LogP contribution in [0.5, 0.6) is 0 Å². The Balaban J connectivity index is 2.04. The lowest BCUT2D eigenvalue weighted by molar-refractivity contribution is 0.114. The summed E-state index contributed by atoms with van der Waals surface area (Å²) in [6.45, 7) is 1.36. The maximum atomic E-state index is 12.0. The smallest absolute Gasteiger partial charge is 0.242 e. The summed E-state index contributed by atoms with van der Waals surface area (Å²) in [7, 11) is -1.69. The van der Waals surface area contributed by atoms with Gasteiger partial charge in [-0.2, -0.15) is 0 Å². The highest BCUT2D eigenvalue weighted by molar-refractivity contribution is 7.89. The molecule has 3 N–H and O–H groups in total. The number of ether oxygens (including phenoxy) is 1. The van der Waals surface area contributed by atoms with Crippen LogP contribution in [0.25, 0.3) is 0 Å². The van der Waals surface area contributed by atoms with Gasteiger partial charge in [-0.1, -0.05) is 0 Å². The predicted octanol–water partition coefficient (Wildman–Crippen LogP) is -0.0589. The third-order valence-electron chi connectivity index (χ3n) is 3.13. The van der Waals surface area contributed by atoms with E-state index in [9.17, 15) is 8.42 Å². The number of nitrogens with zero attached hydrogens (tertiary/aromatic N) is 1. The number of aromatic nitrogens is 1. The van der Waals surface area contributed by atoms with Gasteiger partial charge in [0.2, 0.25) is 10.0 Å². The molecule has 0 amide bonds. The number of hydrogen-bond donors (Lipinski definition) is 2. The minimum atomic E-state index is -3.47. The zero-order chi connectivity index (χ0) is 13.2. The average Bonchev–Trinajstić information content (AvgIpc) is 2.95. The third kappa shape index (κ3) is 2.92. The van der Waals surface area contributed by atoms with Gasteiger partial charge in [0, 0.05) is 38.6 Å². The molecule has 1 saturated heterocycles. The van der Waals surface area contributed by atoms with E-state index >= 15 is 0 Å². The van der Waals surface area contributed by atoms with E-state index in [0.717, 1.165) is 25.1 Å². The van der Waals surface area contributed by atoms with Gasteiger partial charge in [0.15, 0.2) is 0 Å². The molecule has 0 aliphatic carbocycles. The fraction of sp³-hybridized carbons (Fsp3) is 0.636. The summed E-state index contributed by atoms with van der Waals surface area (Å²) in [5.74, 6) is 0. The third-order valence-corrected chi connectivity index (χ3v) is 4.52. The van der Waals surface area contributed by atoms with Crippen LogP contribution >= 0.6 is 0 Å². The van der Waals surface area contributed by atoms with Gasteiger partial charge in [-0.3, -0.25) is 0 Å². The van der Waals surface area contributed by atoms with Gasteiger partial charge in [0.25, 0.3) is 0 Å². The summed E-state index contributed by atoms with van der Waals surface area (Å²) in [5.41, 5.74) is 6.31. The molecule has 1 unspecified atom stereocenters. The predicted molar refractivity (Wildman–Crippen MR) is 67.5 cm³/mol. The number of hydrogen-bond acceptors (Lipinski definition) is 4. The molecule has 1 atom stereocenters. The van der Waals surface area contributed by atoms with E-state index in [-0.39, 0.29) is 11.0 Å². The van der Waals surface area contributed by atoms with Crippen molar-refractivity contribution in [1.29, 1.82) is 0 Å². The lowest BCUT2D eigenvalue weighted by Crippen LogP contribution is -2.31. The van der Waals surface area contributed by atoms with Gasteiger partial charge >= 0.3 is 0 Å². The van der Waals surface area contributed by atoms with Gasteiger partial charge in [-0.15, -0.1) is 0 Å². The van der Waals surface area contributed by atoms with Gasteiger partial charge in [-0.05, 0) is 18.9 Å². The molecule has 7 heteroatoms. The molecular formula is C11H19N3O3S. The van der Waals surface area contributed by atoms with E-state index in [1.807, 2.05) is 0 Å². The van der Waals surface area contributed by atoms with Crippen molar-refractivity contribution in [3.8, 4) is 0 Å². The van der Waals surface area contributed by atoms with Crippen LogP contribution in [-0.2, 0) is 28.4 Å². The topological polar surface area (TPSA) is 86.3 Å². The Morgan fingerprint density at radius 3 is 2.94 bits per heavy atom. The Labute approximate surface area is 107 Å². The standard InChI is InChI=1S/C11H19N3O3S/c1-14-8-11(5-9(14)6-12)18(15,16)13-7-10-3-2-4-17-10/h5,8,10,13H,2-4,6-7,12H2,1H3. The van der Waals surface area contributed by atoms with Crippen molar-refractivity contribution in [1.82, 2.24) is 9.29 Å². The van der Waals surface area contributed by atoms with Crippen LogP contribution in [0.15, 0.2) is 17.2 Å². The van der Waals surface area contributed by atoms with Gasteiger partial charge in [0.1, 0.15) is 0 Å². The zero-order valence-corrected chi connectivity index (χ0v) is 11.2. The minimum absolute atomic E-state index is 0.00235. The monoisotopic (exact) mass is 273 g/mol. The van der Waals surface area contributed by atoms with E-state index in [1.54, 1.807) is 23.9 Å². The van der Waals surface area contributed by atoms with Crippen LogP contribution in [0, 0.1) is 0 Å². The summed E-state index contributed by atoms with van der Waals surface area (Å²) < 4.78 is 33.8. The molecule has 102 valence electrons. The Morgan fingerprint density at radius 2 is 2.39 bits per heavy atom. The van der Waals surface area contributed by atoms with Crippen LogP contribution in [0.4, 0.5) is 0 Å². The van der Waals surface area contributed by atoms with Crippen molar-refractivity contribution in [2.24, 2.45) is 12.8 Å². The van der Waals surface area contributed by atoms with Crippen LogP contribution in [0.1, 0.15) is 18.5 Å². The first-order chi connectivity index (χ1) is 8.53. The first kappa shape index (κ1) is 13.5. The molecule has 0 spiro atoms. The number of aryl methyl sites for hydroxylation is 1. The lowest BCUT2D eigenvalue weighted by atomic mass is 10.2. The summed E-state index contributed by atoms with van der Waals surface area (Å²) in [5, 5.41) is 0. The summed E-state index contributed by atoms with van der Waals surface area (Å²) >= 11 is 0. The molecule has 1 aromatic heterocycles.